The zero-order valence-electron chi connectivity index (χ0n) is 50.4. The summed E-state index contributed by atoms with van der Waals surface area (Å²) in [5.41, 5.74) is 0. The van der Waals surface area contributed by atoms with Crippen LogP contribution in [0.5, 0.6) is 0 Å². The summed E-state index contributed by atoms with van der Waals surface area (Å²) in [7, 11) is 0. The fourth-order valence-electron chi connectivity index (χ4n) is 10.1. The Balaban J connectivity index is 4.23. The number of unbranched alkanes of at least 4 members (excludes halogenated alkanes) is 46. The van der Waals surface area contributed by atoms with Crippen LogP contribution in [-0.2, 0) is 23.8 Å². The van der Waals surface area contributed by atoms with E-state index in [1.165, 1.54) is 295 Å². The number of carbonyl (C=O) groups is 2. The minimum Gasteiger partial charge on any atom is -0.462 e. The van der Waals surface area contributed by atoms with Crippen LogP contribution in [0.25, 0.3) is 0 Å². The average molecular weight is 1040 g/mol. The molecule has 0 radical (unpaired) electrons. The third kappa shape index (κ3) is 62.7. The van der Waals surface area contributed by atoms with E-state index in [1.54, 1.807) is 0 Å². The summed E-state index contributed by atoms with van der Waals surface area (Å²) >= 11 is 0. The maximum atomic E-state index is 12.9. The maximum absolute atomic E-state index is 12.9. The van der Waals surface area contributed by atoms with Gasteiger partial charge in [-0.25, -0.2) is 0 Å². The van der Waals surface area contributed by atoms with Gasteiger partial charge in [-0.2, -0.15) is 0 Å². The van der Waals surface area contributed by atoms with E-state index >= 15 is 0 Å². The molecular formula is C69H130O5. The zero-order chi connectivity index (χ0) is 53.4. The topological polar surface area (TPSA) is 61.8 Å². The van der Waals surface area contributed by atoms with Crippen LogP contribution in [0.4, 0.5) is 0 Å². The first-order valence-corrected chi connectivity index (χ1v) is 33.5. The summed E-state index contributed by atoms with van der Waals surface area (Å²) in [6.07, 6.45) is 81.9. The first-order chi connectivity index (χ1) is 36.6. The highest BCUT2D eigenvalue weighted by Gasteiger charge is 2.18. The Hall–Kier alpha value is -1.88. The van der Waals surface area contributed by atoms with Crippen LogP contribution in [0.3, 0.4) is 0 Å². The molecule has 0 fully saturated rings. The second kappa shape index (κ2) is 65.4. The Morgan fingerprint density at radius 3 is 0.932 bits per heavy atom. The minimum absolute atomic E-state index is 0.0890. The molecule has 1 atom stereocenters. The van der Waals surface area contributed by atoms with Gasteiger partial charge in [0, 0.05) is 19.4 Å². The van der Waals surface area contributed by atoms with Gasteiger partial charge in [-0.15, -0.1) is 0 Å². The van der Waals surface area contributed by atoms with Crippen LogP contribution in [0.2, 0.25) is 0 Å². The van der Waals surface area contributed by atoms with Crippen molar-refractivity contribution in [3.8, 4) is 0 Å². The summed E-state index contributed by atoms with van der Waals surface area (Å²) in [5, 5.41) is 0. The summed E-state index contributed by atoms with van der Waals surface area (Å²) < 4.78 is 17.6. The predicted molar refractivity (Wildman–Crippen MR) is 325 cm³/mol. The molecule has 0 spiro atoms. The van der Waals surface area contributed by atoms with Gasteiger partial charge in [0.1, 0.15) is 6.61 Å². The molecule has 0 rings (SSSR count). The normalized spacial score (nSPS) is 12.3. The molecule has 0 saturated heterocycles. The van der Waals surface area contributed by atoms with Crippen molar-refractivity contribution < 1.29 is 23.8 Å². The number of carbonyl (C=O) groups excluding carboxylic acids is 2. The molecule has 0 N–H and O–H groups in total. The summed E-state index contributed by atoms with van der Waals surface area (Å²) in [6, 6.07) is 0. The second-order valence-corrected chi connectivity index (χ2v) is 22.7. The van der Waals surface area contributed by atoms with E-state index in [0.717, 1.165) is 38.5 Å². The van der Waals surface area contributed by atoms with Crippen LogP contribution in [-0.4, -0.2) is 37.9 Å². The summed E-state index contributed by atoms with van der Waals surface area (Å²) in [6.45, 7) is 7.88. The van der Waals surface area contributed by atoms with Gasteiger partial charge >= 0.3 is 11.9 Å². The molecule has 0 bridgehead atoms. The number of ether oxygens (including phenoxy) is 3. The van der Waals surface area contributed by atoms with Gasteiger partial charge < -0.3 is 14.2 Å². The molecule has 0 saturated carbocycles. The molecular weight excluding hydrogens is 909 g/mol. The Kier molecular flexibility index (Phi) is 63.7. The van der Waals surface area contributed by atoms with Crippen molar-refractivity contribution in [3.05, 3.63) is 36.5 Å². The number of esters is 2. The number of hydrogen-bond donors (Lipinski definition) is 0. The molecule has 0 heterocycles. The van der Waals surface area contributed by atoms with Crippen molar-refractivity contribution in [1.82, 2.24) is 0 Å². The van der Waals surface area contributed by atoms with E-state index in [1.807, 2.05) is 0 Å². The molecule has 0 aromatic heterocycles. The van der Waals surface area contributed by atoms with E-state index in [-0.39, 0.29) is 18.5 Å². The van der Waals surface area contributed by atoms with Gasteiger partial charge in [-0.05, 0) is 77.0 Å². The van der Waals surface area contributed by atoms with E-state index in [4.69, 9.17) is 14.2 Å². The molecule has 74 heavy (non-hydrogen) atoms. The molecule has 0 amide bonds. The van der Waals surface area contributed by atoms with E-state index in [2.05, 4.69) is 57.2 Å². The molecule has 436 valence electrons. The fourth-order valence-corrected chi connectivity index (χ4v) is 10.1. The number of allylic oxidation sites excluding steroid dienone is 6. The highest BCUT2D eigenvalue weighted by molar-refractivity contribution is 5.70. The first-order valence-electron chi connectivity index (χ1n) is 33.5. The molecule has 5 heteroatoms. The molecule has 1 unspecified atom stereocenters. The molecule has 0 aromatic carbocycles. The third-order valence-electron chi connectivity index (χ3n) is 15.1. The highest BCUT2D eigenvalue weighted by Crippen LogP contribution is 2.18. The van der Waals surface area contributed by atoms with Crippen molar-refractivity contribution in [2.75, 3.05) is 19.8 Å². The standard InChI is InChI=1S/C69H130O5/c1-4-7-10-13-16-19-22-25-28-31-34-37-40-43-46-49-52-55-58-61-64-72-65-67(74-69(71)63-60-57-54-51-48-45-42-39-36-33-30-27-24-21-18-15-12-9-6-3)66-73-68(70)62-59-56-53-50-47-44-41-38-35-32-29-26-23-20-17-14-11-8-5-2/h17,20,25-26,28-29,67H,4-16,18-19,21-24,27,30-66H2,1-3H3/b20-17-,28-25-,29-26-. The van der Waals surface area contributed by atoms with E-state index < -0.39 is 6.10 Å². The summed E-state index contributed by atoms with van der Waals surface area (Å²) in [5.74, 6) is -0.376. The first kappa shape index (κ1) is 72.1. The number of hydrogen-bond acceptors (Lipinski definition) is 5. The van der Waals surface area contributed by atoms with Gasteiger partial charge in [0.25, 0.3) is 0 Å². The van der Waals surface area contributed by atoms with Gasteiger partial charge in [0.15, 0.2) is 6.10 Å². The number of rotatable bonds is 63. The van der Waals surface area contributed by atoms with Crippen molar-refractivity contribution >= 4 is 11.9 Å². The molecule has 5 nitrogen and oxygen atoms in total. The van der Waals surface area contributed by atoms with E-state index in [0.29, 0.717) is 26.1 Å². The lowest BCUT2D eigenvalue weighted by molar-refractivity contribution is -0.163. The highest BCUT2D eigenvalue weighted by atomic mass is 16.6. The molecule has 0 aliphatic heterocycles. The van der Waals surface area contributed by atoms with Crippen molar-refractivity contribution in [2.45, 2.75) is 374 Å². The lowest BCUT2D eigenvalue weighted by Crippen LogP contribution is -2.30. The SMILES string of the molecule is CCCCC/C=C\C/C=C\CCCCCCCCCCCC(=O)OCC(COCCCCCCCCCCCC/C=C\CCCCCCCC)OC(=O)CCCCCCCCCCCCCCCCCCCCC. The van der Waals surface area contributed by atoms with Gasteiger partial charge in [-0.1, -0.05) is 314 Å². The smallest absolute Gasteiger partial charge is 0.306 e. The lowest BCUT2D eigenvalue weighted by atomic mass is 10.0. The average Bonchev–Trinajstić information content (AvgIpc) is 3.40. The van der Waals surface area contributed by atoms with Gasteiger partial charge in [0.05, 0.1) is 6.61 Å². The second-order valence-electron chi connectivity index (χ2n) is 22.7. The Morgan fingerprint density at radius 2 is 0.568 bits per heavy atom. The maximum Gasteiger partial charge on any atom is 0.306 e. The monoisotopic (exact) mass is 1040 g/mol. The largest absolute Gasteiger partial charge is 0.462 e. The Labute approximate surface area is 463 Å². The zero-order valence-corrected chi connectivity index (χ0v) is 50.4. The fraction of sp³-hybridized carbons (Fsp3) is 0.884. The van der Waals surface area contributed by atoms with E-state index in [9.17, 15) is 9.59 Å². The lowest BCUT2D eigenvalue weighted by Gasteiger charge is -2.18. The van der Waals surface area contributed by atoms with Crippen molar-refractivity contribution in [1.29, 1.82) is 0 Å². The van der Waals surface area contributed by atoms with Crippen LogP contribution < -0.4 is 0 Å². The van der Waals surface area contributed by atoms with Crippen molar-refractivity contribution in [3.63, 3.8) is 0 Å². The minimum atomic E-state index is -0.536. The van der Waals surface area contributed by atoms with Crippen molar-refractivity contribution in [2.24, 2.45) is 0 Å². The molecule has 0 aliphatic rings. The Morgan fingerprint density at radius 1 is 0.297 bits per heavy atom. The van der Waals surface area contributed by atoms with Gasteiger partial charge in [-0.3, -0.25) is 9.59 Å². The van der Waals surface area contributed by atoms with Crippen LogP contribution in [0.1, 0.15) is 367 Å². The molecule has 0 aliphatic carbocycles. The molecule has 0 aromatic rings. The van der Waals surface area contributed by atoms with Crippen LogP contribution >= 0.6 is 0 Å². The predicted octanol–water partition coefficient (Wildman–Crippen LogP) is 23.3. The van der Waals surface area contributed by atoms with Crippen LogP contribution in [0, 0.1) is 0 Å². The van der Waals surface area contributed by atoms with Crippen LogP contribution in [0.15, 0.2) is 36.5 Å². The summed E-state index contributed by atoms with van der Waals surface area (Å²) in [4.78, 5) is 25.7. The quantitative estimate of drug-likeness (QED) is 0.0345. The Bertz CT molecular complexity index is 1170. The third-order valence-corrected chi connectivity index (χ3v) is 15.1. The van der Waals surface area contributed by atoms with Gasteiger partial charge in [0.2, 0.25) is 0 Å².